The van der Waals surface area contributed by atoms with E-state index in [1.54, 1.807) is 0 Å². The summed E-state index contributed by atoms with van der Waals surface area (Å²) in [5, 5.41) is 0. The van der Waals surface area contributed by atoms with Crippen molar-refractivity contribution in [1.29, 1.82) is 0 Å². The summed E-state index contributed by atoms with van der Waals surface area (Å²) in [6.45, 7) is 3.02. The van der Waals surface area contributed by atoms with Crippen LogP contribution >= 0.6 is 0 Å². The molecule has 0 aromatic heterocycles. The van der Waals surface area contributed by atoms with E-state index < -0.39 is 0 Å². The first kappa shape index (κ1) is 10.7. The van der Waals surface area contributed by atoms with E-state index in [4.69, 9.17) is 5.73 Å². The van der Waals surface area contributed by atoms with E-state index in [1.165, 1.54) is 36.8 Å². The highest BCUT2D eigenvalue weighted by molar-refractivity contribution is 5.26. The minimum Gasteiger partial charge on any atom is -0.330 e. The van der Waals surface area contributed by atoms with E-state index in [-0.39, 0.29) is 0 Å². The van der Waals surface area contributed by atoms with Crippen molar-refractivity contribution in [2.75, 3.05) is 6.54 Å². The molecule has 2 unspecified atom stereocenters. The molecular formula is C14H21N. The molecule has 1 heteroatoms. The molecule has 0 spiro atoms. The lowest BCUT2D eigenvalue weighted by atomic mass is 9.75. The molecule has 2 rings (SSSR count). The number of rotatable bonds is 2. The Bertz CT molecular complexity index is 319. The highest BCUT2D eigenvalue weighted by atomic mass is 14.6. The molecular weight excluding hydrogens is 182 g/mol. The van der Waals surface area contributed by atoms with E-state index in [9.17, 15) is 0 Å². The third-order valence-corrected chi connectivity index (χ3v) is 3.68. The second-order valence-corrected chi connectivity index (χ2v) is 4.80. The van der Waals surface area contributed by atoms with Gasteiger partial charge in [-0.3, -0.25) is 0 Å². The van der Waals surface area contributed by atoms with E-state index in [0.29, 0.717) is 11.8 Å². The van der Waals surface area contributed by atoms with Crippen LogP contribution in [0.2, 0.25) is 0 Å². The topological polar surface area (TPSA) is 26.0 Å². The average molecular weight is 203 g/mol. The lowest BCUT2D eigenvalue weighted by molar-refractivity contribution is 0.314. The highest BCUT2D eigenvalue weighted by Crippen LogP contribution is 2.37. The van der Waals surface area contributed by atoms with Gasteiger partial charge < -0.3 is 5.73 Å². The number of hydrogen-bond acceptors (Lipinski definition) is 1. The van der Waals surface area contributed by atoms with Crippen molar-refractivity contribution in [3.63, 3.8) is 0 Å². The van der Waals surface area contributed by atoms with E-state index in [0.717, 1.165) is 6.54 Å². The van der Waals surface area contributed by atoms with Crippen molar-refractivity contribution in [1.82, 2.24) is 0 Å². The van der Waals surface area contributed by atoms with Crippen molar-refractivity contribution in [2.45, 2.75) is 38.5 Å². The normalized spacial score (nSPS) is 26.5. The van der Waals surface area contributed by atoms with Gasteiger partial charge in [-0.1, -0.05) is 42.7 Å². The summed E-state index contributed by atoms with van der Waals surface area (Å²) in [4.78, 5) is 0. The largest absolute Gasteiger partial charge is 0.330 e. The van der Waals surface area contributed by atoms with Crippen molar-refractivity contribution in [3.8, 4) is 0 Å². The van der Waals surface area contributed by atoms with E-state index >= 15 is 0 Å². The van der Waals surface area contributed by atoms with E-state index in [1.807, 2.05) is 0 Å². The number of aryl methyl sites for hydroxylation is 1. The van der Waals surface area contributed by atoms with Gasteiger partial charge in [0.1, 0.15) is 0 Å². The molecule has 0 radical (unpaired) electrons. The predicted molar refractivity (Wildman–Crippen MR) is 64.9 cm³/mol. The Balaban J connectivity index is 2.20. The quantitative estimate of drug-likeness (QED) is 0.784. The van der Waals surface area contributed by atoms with Crippen molar-refractivity contribution < 1.29 is 0 Å². The van der Waals surface area contributed by atoms with Crippen LogP contribution in [0.25, 0.3) is 0 Å². The van der Waals surface area contributed by atoms with Gasteiger partial charge in [0.05, 0.1) is 0 Å². The fourth-order valence-corrected chi connectivity index (χ4v) is 2.83. The molecule has 15 heavy (non-hydrogen) atoms. The van der Waals surface area contributed by atoms with Crippen LogP contribution in [0.5, 0.6) is 0 Å². The number of nitrogens with two attached hydrogens (primary N) is 1. The maximum absolute atomic E-state index is 5.87. The molecule has 1 aliphatic carbocycles. The molecule has 2 atom stereocenters. The molecule has 0 bridgehead atoms. The van der Waals surface area contributed by atoms with Gasteiger partial charge in [0, 0.05) is 0 Å². The molecule has 0 saturated heterocycles. The minimum atomic E-state index is 0.709. The zero-order valence-electron chi connectivity index (χ0n) is 9.58. The monoisotopic (exact) mass is 203 g/mol. The first-order valence-corrected chi connectivity index (χ1v) is 6.08. The minimum absolute atomic E-state index is 0.709. The van der Waals surface area contributed by atoms with Gasteiger partial charge in [0.2, 0.25) is 0 Å². The lowest BCUT2D eigenvalue weighted by Gasteiger charge is -2.31. The molecule has 2 N–H and O–H groups in total. The smallest absolute Gasteiger partial charge is 0.00430 e. The summed E-state index contributed by atoms with van der Waals surface area (Å²) >= 11 is 0. The Morgan fingerprint density at radius 1 is 1.27 bits per heavy atom. The van der Waals surface area contributed by atoms with Gasteiger partial charge in [-0.05, 0) is 43.7 Å². The second kappa shape index (κ2) is 4.80. The number of hydrogen-bond donors (Lipinski definition) is 1. The fourth-order valence-electron chi connectivity index (χ4n) is 2.83. The third-order valence-electron chi connectivity index (χ3n) is 3.68. The summed E-state index contributed by atoms with van der Waals surface area (Å²) < 4.78 is 0. The highest BCUT2D eigenvalue weighted by Gasteiger charge is 2.24. The molecule has 1 aromatic rings. The molecule has 1 fully saturated rings. The molecule has 1 nitrogen and oxygen atoms in total. The summed E-state index contributed by atoms with van der Waals surface area (Å²) in [6.07, 6.45) is 5.37. The van der Waals surface area contributed by atoms with Gasteiger partial charge in [0.25, 0.3) is 0 Å². The van der Waals surface area contributed by atoms with Crippen LogP contribution in [0.1, 0.15) is 42.7 Å². The first-order valence-electron chi connectivity index (χ1n) is 6.08. The van der Waals surface area contributed by atoms with Crippen LogP contribution < -0.4 is 5.73 Å². The maximum Gasteiger partial charge on any atom is -0.00430 e. The van der Waals surface area contributed by atoms with Crippen LogP contribution in [0.15, 0.2) is 24.3 Å². The van der Waals surface area contributed by atoms with Crippen molar-refractivity contribution in [2.24, 2.45) is 11.7 Å². The fraction of sp³-hybridized carbons (Fsp3) is 0.571. The van der Waals surface area contributed by atoms with Gasteiger partial charge in [-0.15, -0.1) is 0 Å². The Morgan fingerprint density at radius 2 is 2.07 bits per heavy atom. The Hall–Kier alpha value is -0.820. The Labute approximate surface area is 92.7 Å². The van der Waals surface area contributed by atoms with Crippen LogP contribution in [0.4, 0.5) is 0 Å². The number of benzene rings is 1. The zero-order chi connectivity index (χ0) is 10.7. The maximum atomic E-state index is 5.87. The van der Waals surface area contributed by atoms with Gasteiger partial charge in [-0.2, -0.15) is 0 Å². The summed E-state index contributed by atoms with van der Waals surface area (Å²) in [7, 11) is 0. The molecule has 1 aliphatic rings. The third kappa shape index (κ3) is 2.40. The standard InChI is InChI=1S/C14H21N/c1-11-5-4-7-12(9-11)14-8-3-2-6-13(14)10-15/h4-5,7,9,13-14H,2-3,6,8,10,15H2,1H3. The first-order chi connectivity index (χ1) is 7.31. The molecule has 0 aliphatic heterocycles. The van der Waals surface area contributed by atoms with Crippen LogP contribution in [0.3, 0.4) is 0 Å². The SMILES string of the molecule is Cc1cccc(C2CCCCC2CN)c1. The molecule has 0 amide bonds. The van der Waals surface area contributed by atoms with Gasteiger partial charge >= 0.3 is 0 Å². The van der Waals surface area contributed by atoms with Crippen LogP contribution in [0, 0.1) is 12.8 Å². The summed E-state index contributed by atoms with van der Waals surface area (Å²) in [6, 6.07) is 8.95. The van der Waals surface area contributed by atoms with Gasteiger partial charge in [0.15, 0.2) is 0 Å². The van der Waals surface area contributed by atoms with Crippen LogP contribution in [-0.4, -0.2) is 6.54 Å². The van der Waals surface area contributed by atoms with E-state index in [2.05, 4.69) is 31.2 Å². The Morgan fingerprint density at radius 3 is 2.80 bits per heavy atom. The Kier molecular flexibility index (Phi) is 3.42. The molecule has 1 saturated carbocycles. The van der Waals surface area contributed by atoms with Crippen LogP contribution in [-0.2, 0) is 0 Å². The average Bonchev–Trinajstić information content (AvgIpc) is 2.29. The molecule has 1 aromatic carbocycles. The zero-order valence-corrected chi connectivity index (χ0v) is 9.58. The summed E-state index contributed by atoms with van der Waals surface area (Å²) in [5.41, 5.74) is 8.74. The lowest BCUT2D eigenvalue weighted by Crippen LogP contribution is -2.25. The van der Waals surface area contributed by atoms with Gasteiger partial charge in [-0.25, -0.2) is 0 Å². The molecule has 0 heterocycles. The van der Waals surface area contributed by atoms with Crippen molar-refractivity contribution >= 4 is 0 Å². The summed E-state index contributed by atoms with van der Waals surface area (Å²) in [5.74, 6) is 1.42. The van der Waals surface area contributed by atoms with Crippen molar-refractivity contribution in [3.05, 3.63) is 35.4 Å². The second-order valence-electron chi connectivity index (χ2n) is 4.80. The molecule has 82 valence electrons. The predicted octanol–water partition coefficient (Wildman–Crippen LogP) is 3.23.